The smallest absolute Gasteiger partial charge is 0.0587 e. The average molecular weight is 265 g/mol. The molecule has 0 bridgehead atoms. The fraction of sp³-hybridized carbons (Fsp3) is 0.800. The van der Waals surface area contributed by atoms with Crippen molar-refractivity contribution in [2.24, 2.45) is 12.5 Å². The molecule has 1 saturated carbocycles. The van der Waals surface area contributed by atoms with Crippen molar-refractivity contribution >= 4 is 0 Å². The molecule has 0 aromatic carbocycles. The molecule has 108 valence electrons. The van der Waals surface area contributed by atoms with Gasteiger partial charge in [-0.2, -0.15) is 5.10 Å². The number of hydrogen-bond acceptors (Lipinski definition) is 3. The Hall–Kier alpha value is -0.870. The second kappa shape index (κ2) is 7.06. The third kappa shape index (κ3) is 4.05. The van der Waals surface area contributed by atoms with E-state index in [1.165, 1.54) is 37.8 Å². The lowest BCUT2D eigenvalue weighted by molar-refractivity contribution is 0.187. The number of nitrogens with one attached hydrogen (secondary N) is 1. The SMILES string of the molecule is COCCNCC1(CCc2ccnn2C)CCCC1. The minimum atomic E-state index is 0.498. The molecule has 1 aromatic heterocycles. The van der Waals surface area contributed by atoms with E-state index in [9.17, 15) is 0 Å². The molecule has 1 aliphatic rings. The van der Waals surface area contributed by atoms with Gasteiger partial charge in [-0.3, -0.25) is 4.68 Å². The van der Waals surface area contributed by atoms with E-state index in [0.717, 1.165) is 26.1 Å². The van der Waals surface area contributed by atoms with E-state index in [2.05, 4.69) is 16.5 Å². The molecule has 4 nitrogen and oxygen atoms in total. The summed E-state index contributed by atoms with van der Waals surface area (Å²) in [7, 11) is 3.79. The summed E-state index contributed by atoms with van der Waals surface area (Å²) in [4.78, 5) is 0. The maximum absolute atomic E-state index is 5.10. The number of nitrogens with zero attached hydrogens (tertiary/aromatic N) is 2. The van der Waals surface area contributed by atoms with E-state index in [0.29, 0.717) is 5.41 Å². The third-order valence-electron chi connectivity index (χ3n) is 4.48. The lowest BCUT2D eigenvalue weighted by Crippen LogP contribution is -2.34. The zero-order valence-electron chi connectivity index (χ0n) is 12.3. The van der Waals surface area contributed by atoms with Gasteiger partial charge < -0.3 is 10.1 Å². The highest BCUT2D eigenvalue weighted by atomic mass is 16.5. The Morgan fingerprint density at radius 3 is 2.84 bits per heavy atom. The highest BCUT2D eigenvalue weighted by Crippen LogP contribution is 2.41. The second-order valence-corrected chi connectivity index (χ2v) is 5.82. The van der Waals surface area contributed by atoms with E-state index >= 15 is 0 Å². The first-order valence-electron chi connectivity index (χ1n) is 7.42. The van der Waals surface area contributed by atoms with Crippen LogP contribution in [0.2, 0.25) is 0 Å². The molecule has 0 unspecified atom stereocenters. The summed E-state index contributed by atoms with van der Waals surface area (Å²) < 4.78 is 7.10. The number of methoxy groups -OCH3 is 1. The molecule has 4 heteroatoms. The van der Waals surface area contributed by atoms with Crippen LogP contribution in [0.5, 0.6) is 0 Å². The number of aryl methyl sites for hydroxylation is 2. The average Bonchev–Trinajstić information content (AvgIpc) is 3.03. The van der Waals surface area contributed by atoms with Gasteiger partial charge >= 0.3 is 0 Å². The highest BCUT2D eigenvalue weighted by molar-refractivity contribution is 5.02. The molecule has 0 radical (unpaired) electrons. The van der Waals surface area contributed by atoms with Gasteiger partial charge in [-0.15, -0.1) is 0 Å². The summed E-state index contributed by atoms with van der Waals surface area (Å²) in [5, 5.41) is 7.82. The number of aromatic nitrogens is 2. The van der Waals surface area contributed by atoms with E-state index < -0.39 is 0 Å². The Kier molecular flexibility index (Phi) is 5.40. The summed E-state index contributed by atoms with van der Waals surface area (Å²) in [5.74, 6) is 0. The summed E-state index contributed by atoms with van der Waals surface area (Å²) in [6, 6.07) is 2.14. The molecule has 1 N–H and O–H groups in total. The first kappa shape index (κ1) is 14.5. The van der Waals surface area contributed by atoms with Gasteiger partial charge in [-0.1, -0.05) is 12.8 Å². The number of rotatable bonds is 8. The van der Waals surface area contributed by atoms with Crippen molar-refractivity contribution in [3.05, 3.63) is 18.0 Å². The van der Waals surface area contributed by atoms with Gasteiger partial charge in [0.15, 0.2) is 0 Å². The molecule has 0 aliphatic heterocycles. The number of hydrogen-bond donors (Lipinski definition) is 1. The quantitative estimate of drug-likeness (QED) is 0.732. The third-order valence-corrected chi connectivity index (χ3v) is 4.48. The van der Waals surface area contributed by atoms with Crippen molar-refractivity contribution in [3.63, 3.8) is 0 Å². The predicted octanol–water partition coefficient (Wildman–Crippen LogP) is 2.15. The Morgan fingerprint density at radius 1 is 1.42 bits per heavy atom. The molecular weight excluding hydrogens is 238 g/mol. The molecule has 0 saturated heterocycles. The molecule has 1 aliphatic carbocycles. The van der Waals surface area contributed by atoms with Gasteiger partial charge in [0.05, 0.1) is 6.61 Å². The van der Waals surface area contributed by atoms with Gasteiger partial charge in [0, 0.05) is 39.1 Å². The van der Waals surface area contributed by atoms with Crippen LogP contribution in [-0.4, -0.2) is 36.6 Å². The van der Waals surface area contributed by atoms with E-state index in [1.807, 2.05) is 17.9 Å². The molecule has 2 rings (SSSR count). The predicted molar refractivity (Wildman–Crippen MR) is 77.2 cm³/mol. The molecular formula is C15H27N3O. The highest BCUT2D eigenvalue weighted by Gasteiger charge is 2.33. The van der Waals surface area contributed by atoms with Crippen LogP contribution >= 0.6 is 0 Å². The molecule has 1 fully saturated rings. The molecule has 19 heavy (non-hydrogen) atoms. The number of ether oxygens (including phenoxy) is 1. The van der Waals surface area contributed by atoms with Crippen LogP contribution in [0.4, 0.5) is 0 Å². The van der Waals surface area contributed by atoms with Crippen molar-refractivity contribution in [1.82, 2.24) is 15.1 Å². The largest absolute Gasteiger partial charge is 0.383 e. The molecule has 0 amide bonds. The van der Waals surface area contributed by atoms with Gasteiger partial charge in [0.2, 0.25) is 0 Å². The van der Waals surface area contributed by atoms with Crippen molar-refractivity contribution < 1.29 is 4.74 Å². The van der Waals surface area contributed by atoms with Crippen LogP contribution in [0, 0.1) is 5.41 Å². The zero-order valence-corrected chi connectivity index (χ0v) is 12.3. The summed E-state index contributed by atoms with van der Waals surface area (Å²) in [5.41, 5.74) is 1.85. The fourth-order valence-electron chi connectivity index (χ4n) is 3.21. The van der Waals surface area contributed by atoms with Crippen LogP contribution in [0.15, 0.2) is 12.3 Å². The maximum Gasteiger partial charge on any atom is 0.0587 e. The normalized spacial score (nSPS) is 18.0. The Balaban J connectivity index is 1.83. The lowest BCUT2D eigenvalue weighted by atomic mass is 9.81. The minimum Gasteiger partial charge on any atom is -0.383 e. The van der Waals surface area contributed by atoms with Gasteiger partial charge in [0.25, 0.3) is 0 Å². The van der Waals surface area contributed by atoms with Gasteiger partial charge in [0.1, 0.15) is 0 Å². The molecule has 0 atom stereocenters. The fourth-order valence-corrected chi connectivity index (χ4v) is 3.21. The van der Waals surface area contributed by atoms with Crippen molar-refractivity contribution in [3.8, 4) is 0 Å². The van der Waals surface area contributed by atoms with Crippen LogP contribution in [0.3, 0.4) is 0 Å². The van der Waals surface area contributed by atoms with Crippen LogP contribution in [-0.2, 0) is 18.2 Å². The summed E-state index contributed by atoms with van der Waals surface area (Å²) >= 11 is 0. The Bertz CT molecular complexity index is 369. The van der Waals surface area contributed by atoms with Crippen LogP contribution in [0.1, 0.15) is 37.8 Å². The van der Waals surface area contributed by atoms with E-state index in [-0.39, 0.29) is 0 Å². The zero-order chi connectivity index (χ0) is 13.6. The van der Waals surface area contributed by atoms with Crippen molar-refractivity contribution in [2.75, 3.05) is 26.8 Å². The van der Waals surface area contributed by atoms with Gasteiger partial charge in [-0.05, 0) is 37.2 Å². The first-order valence-corrected chi connectivity index (χ1v) is 7.42. The topological polar surface area (TPSA) is 39.1 Å². The second-order valence-electron chi connectivity index (χ2n) is 5.82. The summed E-state index contributed by atoms with van der Waals surface area (Å²) in [6.07, 6.45) is 9.81. The van der Waals surface area contributed by atoms with E-state index in [4.69, 9.17) is 4.74 Å². The molecule has 1 aromatic rings. The minimum absolute atomic E-state index is 0.498. The molecule has 0 spiro atoms. The standard InChI is InChI=1S/C15H27N3O/c1-18-14(6-10-17-18)5-9-15(7-3-4-8-15)13-16-11-12-19-2/h6,10,16H,3-5,7-9,11-13H2,1-2H3. The van der Waals surface area contributed by atoms with E-state index in [1.54, 1.807) is 7.11 Å². The summed E-state index contributed by atoms with van der Waals surface area (Å²) in [6.45, 7) is 2.90. The Labute approximate surface area is 116 Å². The van der Waals surface area contributed by atoms with Gasteiger partial charge in [-0.25, -0.2) is 0 Å². The van der Waals surface area contributed by atoms with Crippen molar-refractivity contribution in [1.29, 1.82) is 0 Å². The Morgan fingerprint density at radius 2 is 2.21 bits per heavy atom. The molecule has 1 heterocycles. The monoisotopic (exact) mass is 265 g/mol. The maximum atomic E-state index is 5.10. The van der Waals surface area contributed by atoms with Crippen LogP contribution < -0.4 is 5.32 Å². The van der Waals surface area contributed by atoms with Crippen LogP contribution in [0.25, 0.3) is 0 Å². The van der Waals surface area contributed by atoms with Crippen molar-refractivity contribution in [2.45, 2.75) is 38.5 Å². The first-order chi connectivity index (χ1) is 9.26. The lowest BCUT2D eigenvalue weighted by Gasteiger charge is -2.29.